The van der Waals surface area contributed by atoms with Crippen LogP contribution in [0.5, 0.6) is 0 Å². The van der Waals surface area contributed by atoms with E-state index in [9.17, 15) is 13.6 Å². The largest absolute Gasteiger partial charge is 0.397 e. The number of aryl methyl sites for hydroxylation is 2. The lowest BCUT2D eigenvalue weighted by Crippen LogP contribution is -2.48. The van der Waals surface area contributed by atoms with Crippen molar-refractivity contribution in [3.05, 3.63) is 101 Å². The van der Waals surface area contributed by atoms with Gasteiger partial charge in [0.05, 0.1) is 17.4 Å². The molecule has 2 amide bonds. The molecule has 2 heterocycles. The van der Waals surface area contributed by atoms with E-state index in [1.807, 2.05) is 12.1 Å². The maximum Gasteiger partial charge on any atom is 0.323 e. The van der Waals surface area contributed by atoms with Gasteiger partial charge in [-0.05, 0) is 67.4 Å². The maximum absolute atomic E-state index is 13.6. The number of anilines is 4. The minimum atomic E-state index is -0.419. The first-order chi connectivity index (χ1) is 18.8. The van der Waals surface area contributed by atoms with Crippen LogP contribution in [-0.2, 0) is 0 Å². The molecule has 1 aromatic heterocycles. The van der Waals surface area contributed by atoms with Crippen LogP contribution < -0.4 is 21.3 Å². The fraction of sp³-hybridized carbons (Fsp3) is 0.241. The standard InChI is InChI=1S/C29H30F2N6O2/c1-18-27(19(2)39-35-18)34-29(38)33-24-11-12-26(25(32)17-24)36-13-15-37(16-14-36)28(20-3-7-22(30)8-4-20)21-5-9-23(31)10-6-21/h3-12,17,28H,13-16,32H2,1-2H3,(H2,33,34,38). The molecule has 0 unspecified atom stereocenters. The topological polar surface area (TPSA) is 99.7 Å². The molecule has 0 aliphatic carbocycles. The minimum absolute atomic E-state index is 0.131. The third kappa shape index (κ3) is 5.85. The average molecular weight is 533 g/mol. The van der Waals surface area contributed by atoms with Gasteiger partial charge < -0.3 is 25.8 Å². The molecule has 8 nitrogen and oxygen atoms in total. The van der Waals surface area contributed by atoms with Gasteiger partial charge in [-0.1, -0.05) is 29.4 Å². The van der Waals surface area contributed by atoms with Crippen molar-refractivity contribution >= 4 is 28.8 Å². The second-order valence-electron chi connectivity index (χ2n) is 9.58. The summed E-state index contributed by atoms with van der Waals surface area (Å²) in [5.41, 5.74) is 11.4. The number of carbonyl (C=O) groups is 1. The van der Waals surface area contributed by atoms with Crippen molar-refractivity contribution in [1.29, 1.82) is 0 Å². The van der Waals surface area contributed by atoms with E-state index in [1.165, 1.54) is 24.3 Å². The average Bonchev–Trinajstić information content (AvgIpc) is 3.23. The van der Waals surface area contributed by atoms with Gasteiger partial charge in [0.25, 0.3) is 0 Å². The number of hydrogen-bond donors (Lipinski definition) is 3. The fourth-order valence-electron chi connectivity index (χ4n) is 4.98. The molecular weight excluding hydrogens is 502 g/mol. The normalized spacial score (nSPS) is 14.0. The number of nitrogen functional groups attached to an aromatic ring is 1. The van der Waals surface area contributed by atoms with Crippen molar-refractivity contribution in [3.63, 3.8) is 0 Å². The van der Waals surface area contributed by atoms with Crippen LogP contribution in [0.2, 0.25) is 0 Å². The molecule has 0 saturated carbocycles. The molecule has 1 fully saturated rings. The second-order valence-corrected chi connectivity index (χ2v) is 9.58. The number of nitrogens with two attached hydrogens (primary N) is 1. The van der Waals surface area contributed by atoms with Crippen molar-refractivity contribution in [2.75, 3.05) is 47.4 Å². The lowest BCUT2D eigenvalue weighted by Gasteiger charge is -2.41. The zero-order valence-corrected chi connectivity index (χ0v) is 21.7. The number of halogens is 2. The van der Waals surface area contributed by atoms with Gasteiger partial charge in [0.2, 0.25) is 0 Å². The first kappa shape index (κ1) is 26.2. The van der Waals surface area contributed by atoms with Crippen molar-refractivity contribution < 1.29 is 18.1 Å². The van der Waals surface area contributed by atoms with Crippen molar-refractivity contribution in [2.24, 2.45) is 0 Å². The Balaban J connectivity index is 1.26. The predicted octanol–water partition coefficient (Wildman–Crippen LogP) is 5.71. The van der Waals surface area contributed by atoms with Crippen molar-refractivity contribution in [3.8, 4) is 0 Å². The van der Waals surface area contributed by atoms with Crippen LogP contribution in [0.15, 0.2) is 71.3 Å². The number of hydrogen-bond acceptors (Lipinski definition) is 6. The summed E-state index contributed by atoms with van der Waals surface area (Å²) in [6, 6.07) is 17.8. The Morgan fingerprint density at radius 1 is 0.897 bits per heavy atom. The van der Waals surface area contributed by atoms with Crippen LogP contribution in [0.1, 0.15) is 28.6 Å². The molecule has 202 valence electrons. The number of amides is 2. The van der Waals surface area contributed by atoms with Crippen molar-refractivity contribution in [2.45, 2.75) is 19.9 Å². The number of carbonyl (C=O) groups excluding carboxylic acids is 1. The smallest absolute Gasteiger partial charge is 0.323 e. The third-order valence-corrected chi connectivity index (χ3v) is 6.95. The van der Waals surface area contributed by atoms with Gasteiger partial charge in [-0.2, -0.15) is 0 Å². The van der Waals surface area contributed by atoms with Gasteiger partial charge in [0, 0.05) is 31.9 Å². The highest BCUT2D eigenvalue weighted by Gasteiger charge is 2.27. The van der Waals surface area contributed by atoms with Crippen LogP contribution in [0.25, 0.3) is 0 Å². The van der Waals surface area contributed by atoms with Gasteiger partial charge in [0.15, 0.2) is 5.76 Å². The van der Waals surface area contributed by atoms with E-state index in [1.54, 1.807) is 44.2 Å². The molecule has 0 radical (unpaired) electrons. The summed E-state index contributed by atoms with van der Waals surface area (Å²) >= 11 is 0. The Labute approximate surface area is 225 Å². The number of rotatable bonds is 6. The molecule has 10 heteroatoms. The van der Waals surface area contributed by atoms with Gasteiger partial charge in [-0.25, -0.2) is 13.6 Å². The lowest BCUT2D eigenvalue weighted by atomic mass is 9.96. The van der Waals surface area contributed by atoms with E-state index in [0.29, 0.717) is 41.6 Å². The zero-order valence-electron chi connectivity index (χ0n) is 21.7. The molecule has 3 aromatic carbocycles. The number of benzene rings is 3. The maximum atomic E-state index is 13.6. The molecule has 1 aliphatic heterocycles. The Morgan fingerprint density at radius 2 is 1.49 bits per heavy atom. The number of nitrogens with zero attached hydrogens (tertiary/aromatic N) is 3. The van der Waals surface area contributed by atoms with Crippen LogP contribution in [0.4, 0.5) is 36.3 Å². The molecule has 1 saturated heterocycles. The van der Waals surface area contributed by atoms with E-state index < -0.39 is 6.03 Å². The summed E-state index contributed by atoms with van der Waals surface area (Å²) in [6.45, 7) is 6.34. The number of nitrogens with one attached hydrogen (secondary N) is 2. The second kappa shape index (κ2) is 11.1. The minimum Gasteiger partial charge on any atom is -0.397 e. The fourth-order valence-corrected chi connectivity index (χ4v) is 4.98. The quantitative estimate of drug-likeness (QED) is 0.275. The molecule has 0 atom stereocenters. The SMILES string of the molecule is Cc1noc(C)c1NC(=O)Nc1ccc(N2CCN(C(c3ccc(F)cc3)c3ccc(F)cc3)CC2)c(N)c1. The summed E-state index contributed by atoms with van der Waals surface area (Å²) in [5, 5.41) is 9.38. The van der Waals surface area contributed by atoms with Crippen LogP contribution in [0, 0.1) is 25.5 Å². The van der Waals surface area contributed by atoms with Gasteiger partial charge >= 0.3 is 6.03 Å². The highest BCUT2D eigenvalue weighted by molar-refractivity contribution is 6.00. The molecule has 1 aliphatic rings. The molecule has 0 spiro atoms. The number of piperazine rings is 1. The zero-order chi connectivity index (χ0) is 27.5. The van der Waals surface area contributed by atoms with Crippen molar-refractivity contribution in [1.82, 2.24) is 10.1 Å². The molecule has 39 heavy (non-hydrogen) atoms. The summed E-state index contributed by atoms with van der Waals surface area (Å²) < 4.78 is 32.3. The predicted molar refractivity (Wildman–Crippen MR) is 148 cm³/mol. The van der Waals surface area contributed by atoms with Gasteiger partial charge in [-0.3, -0.25) is 4.90 Å². The van der Waals surface area contributed by atoms with E-state index in [2.05, 4.69) is 25.6 Å². The Kier molecular flexibility index (Phi) is 7.47. The lowest BCUT2D eigenvalue weighted by molar-refractivity contribution is 0.212. The summed E-state index contributed by atoms with van der Waals surface area (Å²) in [5.74, 6) is -0.0650. The Bertz CT molecular complexity index is 1380. The molecular formula is C29H30F2N6O2. The van der Waals surface area contributed by atoms with E-state index in [4.69, 9.17) is 10.3 Å². The number of urea groups is 1. The summed E-state index contributed by atoms with van der Waals surface area (Å²) in [4.78, 5) is 17.0. The highest BCUT2D eigenvalue weighted by atomic mass is 19.1. The van der Waals surface area contributed by atoms with Gasteiger partial charge in [-0.15, -0.1) is 0 Å². The summed E-state index contributed by atoms with van der Waals surface area (Å²) in [7, 11) is 0. The van der Waals surface area contributed by atoms with Gasteiger partial charge in [0.1, 0.15) is 23.0 Å². The van der Waals surface area contributed by atoms with Crippen LogP contribution in [0.3, 0.4) is 0 Å². The van der Waals surface area contributed by atoms with Crippen LogP contribution >= 0.6 is 0 Å². The Morgan fingerprint density at radius 3 is 2.00 bits per heavy atom. The van der Waals surface area contributed by atoms with E-state index in [0.717, 1.165) is 29.9 Å². The first-order valence-corrected chi connectivity index (χ1v) is 12.7. The third-order valence-electron chi connectivity index (χ3n) is 6.95. The molecule has 4 N–H and O–H groups in total. The Hall–Kier alpha value is -4.44. The number of aromatic nitrogens is 1. The molecule has 5 rings (SSSR count). The molecule has 4 aromatic rings. The van der Waals surface area contributed by atoms with E-state index >= 15 is 0 Å². The van der Waals surface area contributed by atoms with E-state index in [-0.39, 0.29) is 17.7 Å². The molecule has 0 bridgehead atoms. The first-order valence-electron chi connectivity index (χ1n) is 12.7. The summed E-state index contributed by atoms with van der Waals surface area (Å²) in [6.07, 6.45) is 0. The monoisotopic (exact) mass is 532 g/mol. The highest BCUT2D eigenvalue weighted by Crippen LogP contribution is 2.33. The van der Waals surface area contributed by atoms with Crippen LogP contribution in [-0.4, -0.2) is 42.3 Å².